The monoisotopic (exact) mass is 313 g/mol. The number of aromatic amines is 1. The Morgan fingerprint density at radius 1 is 1.04 bits per heavy atom. The fraction of sp³-hybridized carbons (Fsp3) is 0.444. The number of rotatable bonds is 2. The minimum atomic E-state index is -0.387. The normalized spacial score (nSPS) is 21.4. The van der Waals surface area contributed by atoms with Crippen LogP contribution in [0, 0.1) is 18.8 Å². The molecule has 1 aliphatic rings. The molecular weight excluding hydrogens is 290 g/mol. The van der Waals surface area contributed by atoms with Gasteiger partial charge in [0.2, 0.25) is 0 Å². The number of piperidine rings is 1. The van der Waals surface area contributed by atoms with E-state index in [0.717, 1.165) is 18.7 Å². The van der Waals surface area contributed by atoms with Crippen LogP contribution in [0.1, 0.15) is 25.8 Å². The van der Waals surface area contributed by atoms with Crippen LogP contribution in [0.15, 0.2) is 39.9 Å². The Morgan fingerprint density at radius 2 is 1.65 bits per heavy atom. The van der Waals surface area contributed by atoms with Crippen molar-refractivity contribution in [3.63, 3.8) is 0 Å². The van der Waals surface area contributed by atoms with Gasteiger partial charge in [-0.25, -0.2) is 9.36 Å². The molecule has 1 aliphatic heterocycles. The predicted molar refractivity (Wildman–Crippen MR) is 92.6 cm³/mol. The molecule has 0 spiro atoms. The second-order valence-electron chi connectivity index (χ2n) is 6.82. The van der Waals surface area contributed by atoms with Gasteiger partial charge in [0.05, 0.1) is 5.69 Å². The highest BCUT2D eigenvalue weighted by Crippen LogP contribution is 2.23. The minimum Gasteiger partial charge on any atom is -0.357 e. The number of aryl methyl sites for hydroxylation is 1. The molecule has 5 heteroatoms. The maximum atomic E-state index is 12.5. The number of benzene rings is 1. The van der Waals surface area contributed by atoms with Gasteiger partial charge in [-0.3, -0.25) is 9.78 Å². The standard InChI is InChI=1S/C18H23N3O2/c1-12-4-6-15(7-5-12)21-17(22)9-16(19-18(21)23)20-10-13(2)8-14(3)11-20/h4-7,9,13-14H,8,10-11H2,1-3H3,(H,19,23)/t13-,14-/m1/s1. The van der Waals surface area contributed by atoms with Crippen LogP contribution in [0.5, 0.6) is 0 Å². The predicted octanol–water partition coefficient (Wildman–Crippen LogP) is 2.32. The number of hydrogen-bond donors (Lipinski definition) is 1. The second kappa shape index (κ2) is 6.07. The third-order valence-electron chi connectivity index (χ3n) is 4.42. The third-order valence-corrected chi connectivity index (χ3v) is 4.42. The van der Waals surface area contributed by atoms with E-state index in [0.29, 0.717) is 23.3 Å². The van der Waals surface area contributed by atoms with E-state index in [-0.39, 0.29) is 11.2 Å². The molecule has 1 saturated heterocycles. The molecule has 23 heavy (non-hydrogen) atoms. The molecule has 0 radical (unpaired) electrons. The van der Waals surface area contributed by atoms with Gasteiger partial charge in [-0.1, -0.05) is 31.5 Å². The summed E-state index contributed by atoms with van der Waals surface area (Å²) in [7, 11) is 0. The fourth-order valence-corrected chi connectivity index (χ4v) is 3.45. The highest BCUT2D eigenvalue weighted by atomic mass is 16.2. The summed E-state index contributed by atoms with van der Waals surface area (Å²) in [4.78, 5) is 29.9. The first kappa shape index (κ1) is 15.6. The Hall–Kier alpha value is -2.30. The molecule has 1 aromatic heterocycles. The molecule has 0 aliphatic carbocycles. The molecule has 2 aromatic rings. The van der Waals surface area contributed by atoms with Gasteiger partial charge in [0, 0.05) is 19.2 Å². The van der Waals surface area contributed by atoms with Crippen molar-refractivity contribution in [3.8, 4) is 5.69 Å². The van der Waals surface area contributed by atoms with Crippen molar-refractivity contribution >= 4 is 5.82 Å². The van der Waals surface area contributed by atoms with Crippen molar-refractivity contribution in [1.29, 1.82) is 0 Å². The van der Waals surface area contributed by atoms with Crippen LogP contribution < -0.4 is 16.1 Å². The van der Waals surface area contributed by atoms with E-state index < -0.39 is 0 Å². The first-order valence-electron chi connectivity index (χ1n) is 8.12. The molecule has 3 rings (SSSR count). The van der Waals surface area contributed by atoms with Crippen LogP contribution in [0.4, 0.5) is 5.82 Å². The molecule has 2 heterocycles. The highest BCUT2D eigenvalue weighted by molar-refractivity contribution is 5.40. The van der Waals surface area contributed by atoms with Gasteiger partial charge in [-0.2, -0.15) is 0 Å². The Morgan fingerprint density at radius 3 is 2.22 bits per heavy atom. The number of nitrogens with one attached hydrogen (secondary N) is 1. The number of anilines is 1. The molecular formula is C18H23N3O2. The van der Waals surface area contributed by atoms with Gasteiger partial charge in [0.1, 0.15) is 5.82 Å². The van der Waals surface area contributed by atoms with Gasteiger partial charge in [-0.15, -0.1) is 0 Å². The molecule has 122 valence electrons. The Kier molecular flexibility index (Phi) is 4.11. The molecule has 2 atom stereocenters. The van der Waals surface area contributed by atoms with E-state index in [9.17, 15) is 9.59 Å². The maximum Gasteiger partial charge on any atom is 0.334 e. The Bertz CT molecular complexity index is 763. The lowest BCUT2D eigenvalue weighted by molar-refractivity contribution is 0.355. The zero-order chi connectivity index (χ0) is 16.6. The topological polar surface area (TPSA) is 58.1 Å². The van der Waals surface area contributed by atoms with Gasteiger partial charge >= 0.3 is 5.69 Å². The quantitative estimate of drug-likeness (QED) is 0.925. The van der Waals surface area contributed by atoms with Gasteiger partial charge in [-0.05, 0) is 37.3 Å². The summed E-state index contributed by atoms with van der Waals surface area (Å²) in [6.45, 7) is 8.11. The molecule has 0 unspecified atom stereocenters. The zero-order valence-corrected chi connectivity index (χ0v) is 13.9. The van der Waals surface area contributed by atoms with Gasteiger partial charge in [0.25, 0.3) is 5.56 Å². The van der Waals surface area contributed by atoms with E-state index >= 15 is 0 Å². The summed E-state index contributed by atoms with van der Waals surface area (Å²) in [6, 6.07) is 8.89. The van der Waals surface area contributed by atoms with Crippen molar-refractivity contribution in [3.05, 3.63) is 56.7 Å². The SMILES string of the molecule is Cc1ccc(-n2c(=O)cc(N3C[C@H](C)C[C@@H](C)C3)[nH]c2=O)cc1. The summed E-state index contributed by atoms with van der Waals surface area (Å²) < 4.78 is 1.18. The number of nitrogens with zero attached hydrogens (tertiary/aromatic N) is 2. The zero-order valence-electron chi connectivity index (χ0n) is 13.9. The minimum absolute atomic E-state index is 0.293. The molecule has 0 amide bonds. The van der Waals surface area contributed by atoms with E-state index in [1.54, 1.807) is 12.1 Å². The van der Waals surface area contributed by atoms with Crippen LogP contribution in [0.25, 0.3) is 5.69 Å². The van der Waals surface area contributed by atoms with E-state index in [4.69, 9.17) is 0 Å². The van der Waals surface area contributed by atoms with Crippen LogP contribution >= 0.6 is 0 Å². The Balaban J connectivity index is 1.99. The van der Waals surface area contributed by atoms with Crippen molar-refractivity contribution in [1.82, 2.24) is 9.55 Å². The average Bonchev–Trinajstić information content (AvgIpc) is 2.47. The summed E-state index contributed by atoms with van der Waals surface area (Å²) in [5.74, 6) is 1.74. The van der Waals surface area contributed by atoms with E-state index in [1.165, 1.54) is 17.1 Å². The lowest BCUT2D eigenvalue weighted by Gasteiger charge is -2.36. The fourth-order valence-electron chi connectivity index (χ4n) is 3.45. The van der Waals surface area contributed by atoms with Gasteiger partial charge in [0.15, 0.2) is 0 Å². The smallest absolute Gasteiger partial charge is 0.334 e. The van der Waals surface area contributed by atoms with Crippen molar-refractivity contribution in [2.75, 3.05) is 18.0 Å². The van der Waals surface area contributed by atoms with Crippen molar-refractivity contribution in [2.45, 2.75) is 27.2 Å². The van der Waals surface area contributed by atoms with Crippen molar-refractivity contribution in [2.24, 2.45) is 11.8 Å². The molecule has 0 saturated carbocycles. The summed E-state index contributed by atoms with van der Waals surface area (Å²) >= 11 is 0. The summed E-state index contributed by atoms with van der Waals surface area (Å²) in [6.07, 6.45) is 1.18. The third kappa shape index (κ3) is 3.23. The summed E-state index contributed by atoms with van der Waals surface area (Å²) in [5.41, 5.74) is 1.00. The van der Waals surface area contributed by atoms with Crippen LogP contribution in [-0.4, -0.2) is 22.6 Å². The molecule has 5 nitrogen and oxygen atoms in total. The van der Waals surface area contributed by atoms with E-state index in [1.807, 2.05) is 19.1 Å². The Labute approximate surface area is 135 Å². The van der Waals surface area contributed by atoms with Gasteiger partial charge < -0.3 is 4.90 Å². The van der Waals surface area contributed by atoms with Crippen LogP contribution in [0.2, 0.25) is 0 Å². The second-order valence-corrected chi connectivity index (χ2v) is 6.82. The van der Waals surface area contributed by atoms with Crippen molar-refractivity contribution < 1.29 is 0 Å². The lowest BCUT2D eigenvalue weighted by Crippen LogP contribution is -2.42. The molecule has 0 bridgehead atoms. The molecule has 1 aromatic carbocycles. The van der Waals surface area contributed by atoms with Crippen LogP contribution in [0.3, 0.4) is 0 Å². The first-order valence-corrected chi connectivity index (χ1v) is 8.12. The largest absolute Gasteiger partial charge is 0.357 e. The molecule has 1 fully saturated rings. The first-order chi connectivity index (χ1) is 10.9. The maximum absolute atomic E-state index is 12.5. The molecule has 1 N–H and O–H groups in total. The highest BCUT2D eigenvalue weighted by Gasteiger charge is 2.23. The lowest BCUT2D eigenvalue weighted by atomic mass is 9.92. The van der Waals surface area contributed by atoms with E-state index in [2.05, 4.69) is 23.7 Å². The van der Waals surface area contributed by atoms with Crippen LogP contribution in [-0.2, 0) is 0 Å². The number of H-pyrrole nitrogens is 1. The number of aromatic nitrogens is 2. The summed E-state index contributed by atoms with van der Waals surface area (Å²) in [5, 5.41) is 0. The average molecular weight is 313 g/mol. The number of hydrogen-bond acceptors (Lipinski definition) is 3.